The monoisotopic (exact) mass is 818 g/mol. The summed E-state index contributed by atoms with van der Waals surface area (Å²) in [6.45, 7) is 4.71. The maximum absolute atomic E-state index is 6.15. The molecular weight excluding hydrogens is 777 g/mol. The fourth-order valence-corrected chi connectivity index (χ4v) is 10.5. The van der Waals surface area contributed by atoms with Gasteiger partial charge in [-0.2, -0.15) is 0 Å². The minimum atomic E-state index is -0.118. The first-order valence-electron chi connectivity index (χ1n) is 22.2. The number of fused-ring (bicyclic) bond motifs is 10. The number of hydrogen-bond donors (Lipinski definition) is 0. The Morgan fingerprint density at radius 2 is 0.953 bits per heavy atom. The van der Waals surface area contributed by atoms with Gasteiger partial charge in [-0.1, -0.05) is 147 Å². The molecule has 302 valence electrons. The number of anilines is 3. The molecule has 0 atom stereocenters. The van der Waals surface area contributed by atoms with E-state index in [1.807, 2.05) is 12.1 Å². The predicted molar refractivity (Wildman–Crippen MR) is 269 cm³/mol. The number of para-hydroxylation sites is 2. The van der Waals surface area contributed by atoms with Gasteiger partial charge < -0.3 is 13.9 Å². The lowest BCUT2D eigenvalue weighted by atomic mass is 9.82. The Bertz CT molecular complexity index is 3810. The summed E-state index contributed by atoms with van der Waals surface area (Å²) < 4.78 is 8.56. The third kappa shape index (κ3) is 5.60. The molecule has 0 amide bonds. The summed E-state index contributed by atoms with van der Waals surface area (Å²) in [6.07, 6.45) is 0. The van der Waals surface area contributed by atoms with E-state index >= 15 is 0 Å². The lowest BCUT2D eigenvalue weighted by Gasteiger charge is -2.28. The van der Waals surface area contributed by atoms with E-state index in [2.05, 4.69) is 230 Å². The summed E-state index contributed by atoms with van der Waals surface area (Å²) in [5.74, 6) is 0. The molecule has 0 saturated heterocycles. The summed E-state index contributed by atoms with van der Waals surface area (Å²) in [7, 11) is 0. The average Bonchev–Trinajstić information content (AvgIpc) is 3.96. The first kappa shape index (κ1) is 36.5. The molecule has 0 N–H and O–H groups in total. The van der Waals surface area contributed by atoms with Crippen molar-refractivity contribution in [2.24, 2.45) is 0 Å². The third-order valence-corrected chi connectivity index (χ3v) is 13.8. The van der Waals surface area contributed by atoms with E-state index < -0.39 is 0 Å². The van der Waals surface area contributed by atoms with Crippen molar-refractivity contribution in [1.82, 2.24) is 4.57 Å². The summed E-state index contributed by atoms with van der Waals surface area (Å²) in [5, 5.41) is 7.25. The van der Waals surface area contributed by atoms with Crippen molar-refractivity contribution in [2.75, 3.05) is 4.90 Å². The molecule has 2 heterocycles. The van der Waals surface area contributed by atoms with Gasteiger partial charge in [0.1, 0.15) is 11.2 Å². The highest BCUT2D eigenvalue weighted by atomic mass is 16.3. The van der Waals surface area contributed by atoms with Crippen LogP contribution in [0.3, 0.4) is 0 Å². The number of furan rings is 1. The molecule has 0 bridgehead atoms. The molecule has 64 heavy (non-hydrogen) atoms. The first-order chi connectivity index (χ1) is 31.5. The maximum Gasteiger partial charge on any atom is 0.135 e. The number of nitrogens with zero attached hydrogens (tertiary/aromatic N) is 2. The van der Waals surface area contributed by atoms with Gasteiger partial charge >= 0.3 is 0 Å². The summed E-state index contributed by atoms with van der Waals surface area (Å²) >= 11 is 0. The highest BCUT2D eigenvalue weighted by molar-refractivity contribution is 6.11. The van der Waals surface area contributed by atoms with Crippen molar-refractivity contribution in [3.05, 3.63) is 230 Å². The Labute approximate surface area is 371 Å². The number of benzene rings is 10. The van der Waals surface area contributed by atoms with Gasteiger partial charge in [0.05, 0.1) is 11.0 Å². The molecule has 3 heteroatoms. The van der Waals surface area contributed by atoms with E-state index in [1.54, 1.807) is 0 Å². The highest BCUT2D eigenvalue weighted by Gasteiger charge is 2.35. The van der Waals surface area contributed by atoms with Crippen LogP contribution in [0.2, 0.25) is 0 Å². The van der Waals surface area contributed by atoms with Crippen LogP contribution in [0.1, 0.15) is 25.0 Å². The quantitative estimate of drug-likeness (QED) is 0.167. The first-order valence-corrected chi connectivity index (χ1v) is 22.2. The van der Waals surface area contributed by atoms with Crippen LogP contribution in [0.25, 0.3) is 93.6 Å². The summed E-state index contributed by atoms with van der Waals surface area (Å²) in [6, 6.07) is 79.8. The van der Waals surface area contributed by atoms with Crippen molar-refractivity contribution in [1.29, 1.82) is 0 Å². The zero-order valence-corrected chi connectivity index (χ0v) is 35.6. The second-order valence-corrected chi connectivity index (χ2v) is 17.8. The molecule has 0 aliphatic heterocycles. The van der Waals surface area contributed by atoms with E-state index in [0.717, 1.165) is 50.1 Å². The van der Waals surface area contributed by atoms with Crippen molar-refractivity contribution in [2.45, 2.75) is 19.3 Å². The molecule has 3 nitrogen and oxygen atoms in total. The third-order valence-electron chi connectivity index (χ3n) is 13.8. The molecule has 10 aromatic carbocycles. The van der Waals surface area contributed by atoms with E-state index in [1.165, 1.54) is 71.6 Å². The predicted octanol–water partition coefficient (Wildman–Crippen LogP) is 16.9. The Morgan fingerprint density at radius 3 is 1.75 bits per heavy atom. The molecule has 0 fully saturated rings. The number of rotatable bonds is 6. The molecule has 12 aromatic rings. The maximum atomic E-state index is 6.15. The minimum absolute atomic E-state index is 0.118. The molecule has 13 rings (SSSR count). The molecular formula is C61H42N2O. The Kier molecular flexibility index (Phi) is 7.95. The second kappa shape index (κ2) is 13.9. The SMILES string of the molecule is CC1(C)c2ccccc2-c2ccc(N(c3ccc(-c4ccc5oc6ccccc6c5c4)cc3)c3ccc(-c4ccc5c(c4)c4ccccc4n5-c4ccc5ccccc5c4)cc3)cc21. The zero-order valence-electron chi connectivity index (χ0n) is 35.6. The van der Waals surface area contributed by atoms with Crippen LogP contribution >= 0.6 is 0 Å². The van der Waals surface area contributed by atoms with Gasteiger partial charge in [0.2, 0.25) is 0 Å². The Hall–Kier alpha value is -8.14. The van der Waals surface area contributed by atoms with Crippen LogP contribution in [0.15, 0.2) is 223 Å². The zero-order chi connectivity index (χ0) is 42.5. The molecule has 0 saturated carbocycles. The van der Waals surface area contributed by atoms with Gasteiger partial charge in [-0.3, -0.25) is 0 Å². The average molecular weight is 819 g/mol. The molecule has 0 spiro atoms. The van der Waals surface area contributed by atoms with Crippen molar-refractivity contribution < 1.29 is 4.42 Å². The van der Waals surface area contributed by atoms with E-state index in [0.29, 0.717) is 0 Å². The number of aromatic nitrogens is 1. The summed E-state index contributed by atoms with van der Waals surface area (Å²) in [5.41, 5.74) is 18.7. The van der Waals surface area contributed by atoms with Gasteiger partial charge in [0.25, 0.3) is 0 Å². The van der Waals surface area contributed by atoms with Crippen molar-refractivity contribution in [3.8, 4) is 39.1 Å². The normalized spacial score (nSPS) is 13.0. The second-order valence-electron chi connectivity index (χ2n) is 17.8. The fourth-order valence-electron chi connectivity index (χ4n) is 10.5. The largest absolute Gasteiger partial charge is 0.456 e. The van der Waals surface area contributed by atoms with Gasteiger partial charge in [-0.05, 0) is 140 Å². The van der Waals surface area contributed by atoms with Crippen LogP contribution in [-0.2, 0) is 5.41 Å². The van der Waals surface area contributed by atoms with Gasteiger partial charge in [-0.15, -0.1) is 0 Å². The minimum Gasteiger partial charge on any atom is -0.456 e. The van der Waals surface area contributed by atoms with E-state index in [4.69, 9.17) is 4.42 Å². The van der Waals surface area contributed by atoms with Crippen LogP contribution < -0.4 is 4.90 Å². The lowest BCUT2D eigenvalue weighted by Crippen LogP contribution is -2.16. The van der Waals surface area contributed by atoms with Gasteiger partial charge in [-0.25, -0.2) is 0 Å². The number of hydrogen-bond acceptors (Lipinski definition) is 2. The summed E-state index contributed by atoms with van der Waals surface area (Å²) in [4.78, 5) is 2.40. The van der Waals surface area contributed by atoms with E-state index in [9.17, 15) is 0 Å². The Morgan fingerprint density at radius 1 is 0.375 bits per heavy atom. The van der Waals surface area contributed by atoms with Gasteiger partial charge in [0.15, 0.2) is 0 Å². The van der Waals surface area contributed by atoms with E-state index in [-0.39, 0.29) is 5.41 Å². The Balaban J connectivity index is 0.901. The van der Waals surface area contributed by atoms with Gasteiger partial charge in [0, 0.05) is 49.7 Å². The molecule has 0 unspecified atom stereocenters. The highest BCUT2D eigenvalue weighted by Crippen LogP contribution is 2.51. The van der Waals surface area contributed by atoms with Crippen molar-refractivity contribution in [3.63, 3.8) is 0 Å². The van der Waals surface area contributed by atoms with Crippen LogP contribution in [-0.4, -0.2) is 4.57 Å². The molecule has 2 aromatic heterocycles. The van der Waals surface area contributed by atoms with Crippen LogP contribution in [0.4, 0.5) is 17.1 Å². The molecule has 1 aliphatic rings. The van der Waals surface area contributed by atoms with Crippen molar-refractivity contribution >= 4 is 71.6 Å². The smallest absolute Gasteiger partial charge is 0.135 e. The van der Waals surface area contributed by atoms with Crippen LogP contribution in [0.5, 0.6) is 0 Å². The standard InChI is InChI=1S/C61H42N2O/c1-61(2)55-16-8-5-13-49(55)50-32-31-48(38-56(50)61)62(46-28-21-41(22-29-46)44-25-34-60-54(37-44)52-15-7-10-18-59(52)64-60)45-26-19-40(20-27-45)43-24-33-58-53(36-43)51-14-6-9-17-57(51)63(58)47-30-23-39-11-3-4-12-42(39)35-47/h3-38H,1-2H3. The van der Waals surface area contributed by atoms with Crippen LogP contribution in [0, 0.1) is 0 Å². The fraction of sp³-hybridized carbons (Fsp3) is 0.0492. The lowest BCUT2D eigenvalue weighted by molar-refractivity contribution is 0.660. The molecule has 0 radical (unpaired) electrons. The topological polar surface area (TPSA) is 21.3 Å². The molecule has 1 aliphatic carbocycles.